The van der Waals surface area contributed by atoms with Gasteiger partial charge in [0.25, 0.3) is 0 Å². The summed E-state index contributed by atoms with van der Waals surface area (Å²) < 4.78 is 0. The lowest BCUT2D eigenvalue weighted by atomic mass is 10.1. The van der Waals surface area contributed by atoms with Crippen molar-refractivity contribution in [2.24, 2.45) is 10.2 Å². The van der Waals surface area contributed by atoms with Crippen molar-refractivity contribution in [3.05, 3.63) is 70.8 Å². The Labute approximate surface area is 129 Å². The summed E-state index contributed by atoms with van der Waals surface area (Å²) in [6.45, 7) is 0. The third-order valence-electron chi connectivity index (χ3n) is 3.13. The van der Waals surface area contributed by atoms with Crippen molar-refractivity contribution < 1.29 is 0 Å². The van der Waals surface area contributed by atoms with Crippen LogP contribution in [0.5, 0.6) is 0 Å². The number of hydrogen-bond donors (Lipinski definition) is 0. The first-order valence-corrected chi connectivity index (χ1v) is 6.84. The van der Waals surface area contributed by atoms with E-state index < -0.39 is 0 Å². The van der Waals surface area contributed by atoms with Crippen LogP contribution in [0.15, 0.2) is 58.7 Å². The minimum absolute atomic E-state index is 0.565. The number of hydrogen-bond acceptors (Lipinski definition) is 4. The monoisotopic (exact) mass is 286 g/mol. The largest absolute Gasteiger partial charge is 0.192 e. The lowest BCUT2D eigenvalue weighted by molar-refractivity contribution is 1.20. The second-order valence-electron chi connectivity index (χ2n) is 4.54. The fourth-order valence-electron chi connectivity index (χ4n) is 1.99. The summed E-state index contributed by atoms with van der Waals surface area (Å²) in [5, 5.41) is 25.9. The summed E-state index contributed by atoms with van der Waals surface area (Å²) in [7, 11) is 0. The minimum Gasteiger partial charge on any atom is -0.192 e. The number of benzene rings is 2. The maximum Gasteiger partial charge on any atom is 0.0994 e. The van der Waals surface area contributed by atoms with Gasteiger partial charge < -0.3 is 0 Å². The van der Waals surface area contributed by atoms with E-state index in [-0.39, 0.29) is 0 Å². The second kappa shape index (κ2) is 8.14. The van der Waals surface area contributed by atoms with Crippen LogP contribution >= 0.6 is 0 Å². The summed E-state index contributed by atoms with van der Waals surface area (Å²) in [6, 6.07) is 19.1. The number of nitriles is 2. The van der Waals surface area contributed by atoms with Crippen molar-refractivity contribution in [2.75, 3.05) is 0 Å². The van der Waals surface area contributed by atoms with Gasteiger partial charge in [-0.3, -0.25) is 0 Å². The zero-order chi connectivity index (χ0) is 15.6. The van der Waals surface area contributed by atoms with Gasteiger partial charge in [-0.2, -0.15) is 20.7 Å². The molecule has 2 rings (SSSR count). The van der Waals surface area contributed by atoms with Gasteiger partial charge in [0.15, 0.2) is 0 Å². The molecule has 0 atom stereocenters. The molecule has 4 nitrogen and oxygen atoms in total. The first kappa shape index (κ1) is 15.2. The fraction of sp³-hybridized carbons (Fsp3) is 0.111. The molecule has 0 heterocycles. The lowest BCUT2D eigenvalue weighted by Gasteiger charge is -1.98. The van der Waals surface area contributed by atoms with Crippen molar-refractivity contribution in [3.63, 3.8) is 0 Å². The Morgan fingerprint density at radius 3 is 1.55 bits per heavy atom. The maximum absolute atomic E-state index is 8.98. The molecule has 0 saturated carbocycles. The molecule has 0 aliphatic carbocycles. The highest BCUT2D eigenvalue weighted by molar-refractivity contribution is 5.66. The molecule has 0 radical (unpaired) electrons. The Balaban J connectivity index is 1.90. The predicted molar refractivity (Wildman–Crippen MR) is 86.7 cm³/mol. The number of rotatable bonds is 5. The number of nitrogens with zero attached hydrogens (tertiary/aromatic N) is 4. The van der Waals surface area contributed by atoms with E-state index >= 15 is 0 Å². The smallest absolute Gasteiger partial charge is 0.0994 e. The van der Waals surface area contributed by atoms with Gasteiger partial charge in [-0.1, -0.05) is 36.4 Å². The van der Waals surface area contributed by atoms with E-state index in [1.807, 2.05) is 36.4 Å². The van der Waals surface area contributed by atoms with Crippen molar-refractivity contribution in [2.45, 2.75) is 12.8 Å². The Kier molecular flexibility index (Phi) is 5.61. The maximum atomic E-state index is 8.98. The molecule has 0 N–H and O–H groups in total. The highest BCUT2D eigenvalue weighted by atomic mass is 15.2. The van der Waals surface area contributed by atoms with Crippen LogP contribution in [0.1, 0.15) is 22.3 Å². The third kappa shape index (κ3) is 4.13. The summed E-state index contributed by atoms with van der Waals surface area (Å²) >= 11 is 0. The molecule has 0 amide bonds. The van der Waals surface area contributed by atoms with Crippen LogP contribution in [-0.2, 0) is 12.8 Å². The summed E-state index contributed by atoms with van der Waals surface area (Å²) in [5.74, 6) is 0. The van der Waals surface area contributed by atoms with E-state index in [0.717, 1.165) is 11.1 Å². The van der Waals surface area contributed by atoms with Crippen molar-refractivity contribution >= 4 is 12.4 Å². The quantitative estimate of drug-likeness (QED) is 0.625. The van der Waals surface area contributed by atoms with Crippen LogP contribution in [0.3, 0.4) is 0 Å². The molecule has 2 aromatic rings. The van der Waals surface area contributed by atoms with Gasteiger partial charge in [0.2, 0.25) is 0 Å². The second-order valence-corrected chi connectivity index (χ2v) is 4.54. The SMILES string of the molecule is N#Cc1ccccc1C/C=N/N=C/Cc1ccccc1C#N. The zero-order valence-electron chi connectivity index (χ0n) is 12.0. The minimum atomic E-state index is 0.565. The first-order valence-electron chi connectivity index (χ1n) is 6.84. The van der Waals surface area contributed by atoms with E-state index in [1.165, 1.54) is 0 Å². The molecule has 0 spiro atoms. The molecule has 106 valence electrons. The molecule has 4 heteroatoms. The summed E-state index contributed by atoms with van der Waals surface area (Å²) in [4.78, 5) is 0. The average Bonchev–Trinajstić information content (AvgIpc) is 2.58. The molecule has 0 fully saturated rings. The first-order chi connectivity index (χ1) is 10.8. The zero-order valence-corrected chi connectivity index (χ0v) is 12.0. The van der Waals surface area contributed by atoms with Crippen LogP contribution in [0.4, 0.5) is 0 Å². The van der Waals surface area contributed by atoms with E-state index in [4.69, 9.17) is 10.5 Å². The van der Waals surface area contributed by atoms with E-state index in [0.29, 0.717) is 24.0 Å². The molecule has 0 saturated heterocycles. The molecule has 0 aromatic heterocycles. The van der Waals surface area contributed by atoms with E-state index in [2.05, 4.69) is 22.3 Å². The van der Waals surface area contributed by atoms with Gasteiger partial charge in [-0.05, 0) is 23.3 Å². The Morgan fingerprint density at radius 2 is 1.14 bits per heavy atom. The van der Waals surface area contributed by atoms with Gasteiger partial charge in [-0.25, -0.2) is 0 Å². The molecular weight excluding hydrogens is 272 g/mol. The lowest BCUT2D eigenvalue weighted by Crippen LogP contribution is -1.91. The average molecular weight is 286 g/mol. The van der Waals surface area contributed by atoms with Crippen LogP contribution in [-0.4, -0.2) is 12.4 Å². The van der Waals surface area contributed by atoms with Crippen LogP contribution < -0.4 is 0 Å². The molecule has 0 unspecified atom stereocenters. The Bertz CT molecular complexity index is 709. The van der Waals surface area contributed by atoms with Crippen molar-refractivity contribution in [3.8, 4) is 12.1 Å². The third-order valence-corrected chi connectivity index (χ3v) is 3.13. The normalized spacial score (nSPS) is 10.6. The van der Waals surface area contributed by atoms with Crippen molar-refractivity contribution in [1.82, 2.24) is 0 Å². The van der Waals surface area contributed by atoms with Gasteiger partial charge in [-0.15, -0.1) is 0 Å². The topological polar surface area (TPSA) is 72.3 Å². The fourth-order valence-corrected chi connectivity index (χ4v) is 1.99. The molecule has 0 bridgehead atoms. The molecule has 0 aliphatic rings. The summed E-state index contributed by atoms with van der Waals surface area (Å²) in [5.41, 5.74) is 3.17. The molecular formula is C18H14N4. The van der Waals surface area contributed by atoms with Crippen LogP contribution in [0, 0.1) is 22.7 Å². The highest BCUT2D eigenvalue weighted by Crippen LogP contribution is 2.07. The van der Waals surface area contributed by atoms with Crippen LogP contribution in [0.2, 0.25) is 0 Å². The highest BCUT2D eigenvalue weighted by Gasteiger charge is 1.98. The van der Waals surface area contributed by atoms with E-state index in [9.17, 15) is 0 Å². The molecule has 22 heavy (non-hydrogen) atoms. The molecule has 0 aliphatic heterocycles. The van der Waals surface area contributed by atoms with Gasteiger partial charge >= 0.3 is 0 Å². The van der Waals surface area contributed by atoms with Gasteiger partial charge in [0, 0.05) is 25.3 Å². The Morgan fingerprint density at radius 1 is 0.727 bits per heavy atom. The van der Waals surface area contributed by atoms with Gasteiger partial charge in [0.05, 0.1) is 23.3 Å². The summed E-state index contributed by atoms with van der Waals surface area (Å²) in [6.07, 6.45) is 4.47. The van der Waals surface area contributed by atoms with Crippen LogP contribution in [0.25, 0.3) is 0 Å². The standard InChI is InChI=1S/C18H14N4/c19-13-17-7-3-1-5-15(17)9-11-21-22-12-10-16-6-2-4-8-18(16)14-20/h1-8,11-12H,9-10H2/b21-11+,22-12+. The Hall–Kier alpha value is -3.24. The van der Waals surface area contributed by atoms with E-state index in [1.54, 1.807) is 24.6 Å². The molecule has 2 aromatic carbocycles. The van der Waals surface area contributed by atoms with Gasteiger partial charge in [0.1, 0.15) is 0 Å². The van der Waals surface area contributed by atoms with Crippen molar-refractivity contribution in [1.29, 1.82) is 10.5 Å². The predicted octanol–water partition coefficient (Wildman–Crippen LogP) is 3.27.